The Bertz CT molecular complexity index is 1150. The highest BCUT2D eigenvalue weighted by molar-refractivity contribution is 6.37. The van der Waals surface area contributed by atoms with Crippen molar-refractivity contribution in [3.05, 3.63) is 66.2 Å². The lowest BCUT2D eigenvalue weighted by Gasteiger charge is -2.28. The summed E-state index contributed by atoms with van der Waals surface area (Å²) in [6, 6.07) is 17.2. The molecule has 11 heteroatoms. The Balaban J connectivity index is 0.00000143. The molecule has 4 N–H and O–H groups in total. The average Bonchev–Trinajstić information content (AvgIpc) is 3.02. The van der Waals surface area contributed by atoms with Crippen LogP contribution < -0.4 is 21.1 Å². The van der Waals surface area contributed by atoms with Crippen molar-refractivity contribution in [1.29, 1.82) is 0 Å². The number of benzene rings is 2. The number of ether oxygens (including phenoxy) is 2. The van der Waals surface area contributed by atoms with E-state index < -0.39 is 35.6 Å². The van der Waals surface area contributed by atoms with E-state index in [2.05, 4.69) is 10.6 Å². The minimum absolute atomic E-state index is 0.0511. The molecule has 0 aromatic heterocycles. The van der Waals surface area contributed by atoms with Crippen molar-refractivity contribution in [2.45, 2.75) is 77.5 Å². The van der Waals surface area contributed by atoms with Crippen molar-refractivity contribution < 1.29 is 33.4 Å². The summed E-state index contributed by atoms with van der Waals surface area (Å²) in [7, 11) is 3.10. The molecule has 0 aliphatic heterocycles. The number of hydrogen-bond acceptors (Lipinski definition) is 7. The number of amides is 4. The molecular formula is C33H48N4O7. The van der Waals surface area contributed by atoms with Gasteiger partial charge in [-0.1, -0.05) is 75.2 Å². The number of carbonyl (C=O) groups is 5. The van der Waals surface area contributed by atoms with Crippen LogP contribution in [0.25, 0.3) is 0 Å². The van der Waals surface area contributed by atoms with Crippen LogP contribution in [-0.4, -0.2) is 79.8 Å². The molecule has 0 fully saturated rings. The quantitative estimate of drug-likeness (QED) is 0.219. The van der Waals surface area contributed by atoms with E-state index in [9.17, 15) is 24.0 Å². The van der Waals surface area contributed by atoms with Crippen LogP contribution in [0.5, 0.6) is 5.75 Å². The van der Waals surface area contributed by atoms with Gasteiger partial charge in [0.1, 0.15) is 11.8 Å². The molecule has 0 spiro atoms. The van der Waals surface area contributed by atoms with Crippen LogP contribution in [0.3, 0.4) is 0 Å². The molecule has 44 heavy (non-hydrogen) atoms. The van der Waals surface area contributed by atoms with Gasteiger partial charge >= 0.3 is 0 Å². The summed E-state index contributed by atoms with van der Waals surface area (Å²) in [6.45, 7) is 5.80. The van der Waals surface area contributed by atoms with E-state index in [1.54, 1.807) is 31.4 Å². The summed E-state index contributed by atoms with van der Waals surface area (Å²) in [5.41, 5.74) is 5.83. The minimum atomic E-state index is -1.12. The number of nitrogens with zero attached hydrogens (tertiary/aromatic N) is 1. The van der Waals surface area contributed by atoms with Gasteiger partial charge in [0, 0.05) is 20.6 Å². The van der Waals surface area contributed by atoms with Gasteiger partial charge in [-0.3, -0.25) is 24.0 Å². The average molecular weight is 613 g/mol. The van der Waals surface area contributed by atoms with Gasteiger partial charge < -0.3 is 30.7 Å². The van der Waals surface area contributed by atoms with Crippen LogP contribution in [-0.2, 0) is 35.1 Å². The lowest BCUT2D eigenvalue weighted by molar-refractivity contribution is -0.142. The summed E-state index contributed by atoms with van der Waals surface area (Å²) < 4.78 is 10.9. The highest BCUT2D eigenvalue weighted by Crippen LogP contribution is 2.15. The monoisotopic (exact) mass is 612 g/mol. The Labute approximate surface area is 260 Å². The predicted molar refractivity (Wildman–Crippen MR) is 169 cm³/mol. The number of nitrogens with one attached hydrogen (secondary N) is 2. The number of carbonyl (C=O) groups excluding carboxylic acids is 5. The lowest BCUT2D eigenvalue weighted by Crippen LogP contribution is -2.54. The first-order valence-corrected chi connectivity index (χ1v) is 14.9. The Hall–Kier alpha value is -4.25. The Morgan fingerprint density at radius 1 is 0.909 bits per heavy atom. The molecule has 3 unspecified atom stereocenters. The van der Waals surface area contributed by atoms with Gasteiger partial charge in [0.15, 0.2) is 0 Å². The normalized spacial score (nSPS) is 12.4. The Morgan fingerprint density at radius 3 is 2.07 bits per heavy atom. The van der Waals surface area contributed by atoms with Crippen LogP contribution in [0.1, 0.15) is 58.4 Å². The zero-order valence-corrected chi connectivity index (χ0v) is 26.5. The van der Waals surface area contributed by atoms with Gasteiger partial charge in [-0.15, -0.1) is 0 Å². The lowest BCUT2D eigenvalue weighted by atomic mass is 10.0. The number of rotatable bonds is 18. The molecule has 11 nitrogen and oxygen atoms in total. The highest BCUT2D eigenvalue weighted by atomic mass is 16.5. The third-order valence-electron chi connectivity index (χ3n) is 6.74. The molecule has 3 atom stereocenters. The predicted octanol–water partition coefficient (Wildman–Crippen LogP) is 2.80. The van der Waals surface area contributed by atoms with E-state index in [0.717, 1.165) is 12.0 Å². The van der Waals surface area contributed by atoms with E-state index in [4.69, 9.17) is 15.2 Å². The number of nitrogens with two attached hydrogens (primary N) is 1. The number of likely N-dealkylation sites (N-methyl/N-ethyl adjacent to an activating group) is 1. The first-order chi connectivity index (χ1) is 21.0. The van der Waals surface area contributed by atoms with Crippen molar-refractivity contribution in [3.8, 4) is 5.75 Å². The van der Waals surface area contributed by atoms with Gasteiger partial charge in [-0.25, -0.2) is 0 Å². The maximum absolute atomic E-state index is 12.9. The fraction of sp³-hybridized carbons (Fsp3) is 0.485. The molecule has 4 amide bonds. The SMILES string of the molecule is CCCC(NC(=O)C(CCC)N(C)C(=O)CNC(=O)Cc1cccc(OCCC(C)OC)c1)C(=O)C(N)=O.c1ccccc1. The van der Waals surface area contributed by atoms with Gasteiger partial charge in [0.25, 0.3) is 5.91 Å². The first-order valence-electron chi connectivity index (χ1n) is 14.9. The van der Waals surface area contributed by atoms with Gasteiger partial charge in [0.2, 0.25) is 23.5 Å². The maximum atomic E-state index is 12.9. The third-order valence-corrected chi connectivity index (χ3v) is 6.74. The summed E-state index contributed by atoms with van der Waals surface area (Å²) >= 11 is 0. The summed E-state index contributed by atoms with van der Waals surface area (Å²) in [5, 5.41) is 5.15. The van der Waals surface area contributed by atoms with Crippen LogP contribution in [0.4, 0.5) is 0 Å². The second-order valence-electron chi connectivity index (χ2n) is 10.3. The van der Waals surface area contributed by atoms with E-state index >= 15 is 0 Å². The molecule has 0 aliphatic carbocycles. The fourth-order valence-electron chi connectivity index (χ4n) is 4.08. The summed E-state index contributed by atoms with van der Waals surface area (Å²) in [5.74, 6) is -2.75. The number of primary amides is 1. The molecule has 2 aromatic rings. The minimum Gasteiger partial charge on any atom is -0.493 e. The van der Waals surface area contributed by atoms with Crippen molar-refractivity contribution in [3.63, 3.8) is 0 Å². The van der Waals surface area contributed by atoms with Crippen molar-refractivity contribution in [2.75, 3.05) is 27.3 Å². The zero-order chi connectivity index (χ0) is 32.9. The van der Waals surface area contributed by atoms with Crippen LogP contribution >= 0.6 is 0 Å². The molecule has 0 saturated heterocycles. The number of ketones is 1. The highest BCUT2D eigenvalue weighted by Gasteiger charge is 2.31. The van der Waals surface area contributed by atoms with E-state index in [-0.39, 0.29) is 31.4 Å². The van der Waals surface area contributed by atoms with E-state index in [1.807, 2.05) is 57.2 Å². The maximum Gasteiger partial charge on any atom is 0.287 e. The molecule has 0 aliphatic rings. The second kappa shape index (κ2) is 21.4. The molecule has 0 bridgehead atoms. The topological polar surface area (TPSA) is 157 Å². The zero-order valence-electron chi connectivity index (χ0n) is 26.5. The van der Waals surface area contributed by atoms with Gasteiger partial charge in [-0.05, 0) is 37.5 Å². The van der Waals surface area contributed by atoms with Crippen LogP contribution in [0.15, 0.2) is 60.7 Å². The van der Waals surface area contributed by atoms with Crippen LogP contribution in [0, 0.1) is 0 Å². The molecular weight excluding hydrogens is 564 g/mol. The van der Waals surface area contributed by atoms with Crippen molar-refractivity contribution >= 4 is 29.4 Å². The first kappa shape index (κ1) is 37.8. The number of hydrogen-bond donors (Lipinski definition) is 3. The molecule has 0 saturated carbocycles. The Kier molecular flexibility index (Phi) is 18.4. The summed E-state index contributed by atoms with van der Waals surface area (Å²) in [6.07, 6.45) is 2.58. The molecule has 2 aromatic carbocycles. The van der Waals surface area contributed by atoms with E-state index in [0.29, 0.717) is 31.6 Å². The number of methoxy groups -OCH3 is 1. The molecule has 242 valence electrons. The van der Waals surface area contributed by atoms with Crippen molar-refractivity contribution in [1.82, 2.24) is 15.5 Å². The number of Topliss-reactive ketones (excluding diaryl/α,β-unsaturated/α-hetero) is 1. The van der Waals surface area contributed by atoms with E-state index in [1.165, 1.54) is 11.9 Å². The van der Waals surface area contributed by atoms with Crippen LogP contribution in [0.2, 0.25) is 0 Å². The summed E-state index contributed by atoms with van der Waals surface area (Å²) in [4.78, 5) is 62.8. The Morgan fingerprint density at radius 2 is 1.52 bits per heavy atom. The molecule has 0 radical (unpaired) electrons. The standard InChI is InChI=1S/C27H42N4O7.C6H6/c1-6-9-21(25(34)26(28)35)30-27(36)22(10-7-2)31(4)24(33)17-29-23(32)16-19-11-8-12-20(15-19)38-14-13-18(3)37-5;1-2-4-6-5-3-1/h8,11-12,15,18,21-22H,6-7,9-10,13-14,16-17H2,1-5H3,(H2,28,35)(H,29,32)(H,30,36);1-6H. The smallest absolute Gasteiger partial charge is 0.287 e. The molecule has 2 rings (SSSR count). The second-order valence-corrected chi connectivity index (χ2v) is 10.3. The fourth-order valence-corrected chi connectivity index (χ4v) is 4.08. The molecule has 0 heterocycles. The van der Waals surface area contributed by atoms with Gasteiger partial charge in [-0.2, -0.15) is 0 Å². The van der Waals surface area contributed by atoms with Gasteiger partial charge in [0.05, 0.1) is 31.7 Å². The third kappa shape index (κ3) is 14.8. The van der Waals surface area contributed by atoms with Crippen molar-refractivity contribution in [2.24, 2.45) is 5.73 Å². The largest absolute Gasteiger partial charge is 0.493 e.